The molecule has 0 spiro atoms. The van der Waals surface area contributed by atoms with Gasteiger partial charge in [-0.2, -0.15) is 0 Å². The second-order valence-electron chi connectivity index (χ2n) is 8.80. The lowest BCUT2D eigenvalue weighted by molar-refractivity contribution is -0.143. The highest BCUT2D eigenvalue weighted by Crippen LogP contribution is 2.07. The van der Waals surface area contributed by atoms with Gasteiger partial charge in [0.05, 0.1) is 12.5 Å². The number of nitrogens with one attached hydrogen (secondary N) is 3. The maximum Gasteiger partial charge on any atom is 0.326 e. The molecular weight excluding hydrogens is 530 g/mol. The van der Waals surface area contributed by atoms with Gasteiger partial charge in [0.2, 0.25) is 17.7 Å². The molecule has 12 N–H and O–H groups in total. The molecule has 16 heteroatoms. The number of guanidine groups is 1. The minimum atomic E-state index is -1.69. The third-order valence-electron chi connectivity index (χ3n) is 5.49. The van der Waals surface area contributed by atoms with E-state index in [4.69, 9.17) is 22.3 Å². The lowest BCUT2D eigenvalue weighted by atomic mass is 10.0. The van der Waals surface area contributed by atoms with Crippen LogP contribution in [0.2, 0.25) is 0 Å². The topological polar surface area (TPSA) is 290 Å². The first kappa shape index (κ1) is 33.3. The van der Waals surface area contributed by atoms with Crippen LogP contribution in [0.3, 0.4) is 0 Å². The van der Waals surface area contributed by atoms with Gasteiger partial charge in [-0.05, 0) is 24.8 Å². The fourth-order valence-electron chi connectivity index (χ4n) is 3.44. The van der Waals surface area contributed by atoms with Gasteiger partial charge in [-0.1, -0.05) is 30.3 Å². The molecule has 4 atom stereocenters. The molecule has 1 aromatic carbocycles. The van der Waals surface area contributed by atoms with Crippen molar-refractivity contribution in [2.75, 3.05) is 6.54 Å². The number of aliphatic imine (C=N–C) groups is 1. The molecule has 0 aromatic heterocycles. The van der Waals surface area contributed by atoms with Crippen LogP contribution in [0, 0.1) is 0 Å². The number of nitrogens with zero attached hydrogens (tertiary/aromatic N) is 1. The summed E-state index contributed by atoms with van der Waals surface area (Å²) in [5.41, 5.74) is 16.9. The number of carbonyl (C=O) groups excluding carboxylic acids is 3. The molecule has 0 aliphatic carbocycles. The average molecular weight is 566 g/mol. The number of hydrogen-bond acceptors (Lipinski definition) is 8. The zero-order valence-electron chi connectivity index (χ0n) is 21.6. The van der Waals surface area contributed by atoms with Crippen LogP contribution >= 0.6 is 0 Å². The maximum absolute atomic E-state index is 13.1. The summed E-state index contributed by atoms with van der Waals surface area (Å²) in [6, 6.07) is 2.66. The van der Waals surface area contributed by atoms with Gasteiger partial charge in [-0.3, -0.25) is 29.0 Å². The molecule has 0 heterocycles. The van der Waals surface area contributed by atoms with E-state index >= 15 is 0 Å². The van der Waals surface area contributed by atoms with Crippen molar-refractivity contribution in [2.45, 2.75) is 62.7 Å². The van der Waals surface area contributed by atoms with E-state index in [2.05, 4.69) is 20.9 Å². The minimum absolute atomic E-state index is 0.0623. The van der Waals surface area contributed by atoms with Crippen LogP contribution in [0.4, 0.5) is 0 Å². The molecule has 0 bridgehead atoms. The molecule has 1 rings (SSSR count). The first-order valence-electron chi connectivity index (χ1n) is 12.2. The Labute approximate surface area is 229 Å². The number of nitrogens with two attached hydrogens (primary N) is 3. The Bertz CT molecular complexity index is 1080. The van der Waals surface area contributed by atoms with E-state index < -0.39 is 72.6 Å². The van der Waals surface area contributed by atoms with E-state index in [0.29, 0.717) is 5.56 Å². The van der Waals surface area contributed by atoms with Crippen LogP contribution in [0.5, 0.6) is 0 Å². The summed E-state index contributed by atoms with van der Waals surface area (Å²) in [5, 5.41) is 34.5. The summed E-state index contributed by atoms with van der Waals surface area (Å²) in [6.07, 6.45) is -1.49. The van der Waals surface area contributed by atoms with Crippen molar-refractivity contribution in [3.63, 3.8) is 0 Å². The highest BCUT2D eigenvalue weighted by molar-refractivity contribution is 5.95. The van der Waals surface area contributed by atoms with Crippen LogP contribution in [-0.2, 0) is 35.2 Å². The SMILES string of the molecule is NC(N)=NCCCC(NC(=O)C(N)CCC(=O)O)C(=O)NC(CC(=O)O)C(=O)NC(Cc1ccccc1)C(=O)O. The zero-order valence-corrected chi connectivity index (χ0v) is 21.6. The van der Waals surface area contributed by atoms with Gasteiger partial charge >= 0.3 is 17.9 Å². The van der Waals surface area contributed by atoms with E-state index in [0.717, 1.165) is 0 Å². The number of carboxylic acid groups (broad SMARTS) is 3. The van der Waals surface area contributed by atoms with E-state index in [1.165, 1.54) is 0 Å². The van der Waals surface area contributed by atoms with Crippen LogP contribution in [0.25, 0.3) is 0 Å². The Kier molecular flexibility index (Phi) is 14.1. The molecule has 0 fully saturated rings. The summed E-state index contributed by atoms with van der Waals surface area (Å²) >= 11 is 0. The highest BCUT2D eigenvalue weighted by Gasteiger charge is 2.31. The molecule has 0 aliphatic heterocycles. The summed E-state index contributed by atoms with van der Waals surface area (Å²) < 4.78 is 0. The number of amides is 3. The third-order valence-corrected chi connectivity index (χ3v) is 5.49. The predicted octanol–water partition coefficient (Wildman–Crippen LogP) is -2.51. The average Bonchev–Trinajstić information content (AvgIpc) is 2.87. The molecule has 0 saturated carbocycles. The Morgan fingerprint density at radius 2 is 1.35 bits per heavy atom. The molecule has 16 nitrogen and oxygen atoms in total. The van der Waals surface area contributed by atoms with Crippen molar-refractivity contribution in [3.8, 4) is 0 Å². The van der Waals surface area contributed by atoms with Gasteiger partial charge in [0.25, 0.3) is 0 Å². The quantitative estimate of drug-likeness (QED) is 0.0506. The van der Waals surface area contributed by atoms with Crippen LogP contribution < -0.4 is 33.2 Å². The van der Waals surface area contributed by atoms with Crippen LogP contribution in [0.15, 0.2) is 35.3 Å². The van der Waals surface area contributed by atoms with Gasteiger partial charge in [0.15, 0.2) is 5.96 Å². The predicted molar refractivity (Wildman–Crippen MR) is 141 cm³/mol. The van der Waals surface area contributed by atoms with Crippen molar-refractivity contribution >= 4 is 41.6 Å². The summed E-state index contributed by atoms with van der Waals surface area (Å²) in [5.74, 6) is -7.09. The smallest absolute Gasteiger partial charge is 0.326 e. The zero-order chi connectivity index (χ0) is 30.2. The lowest BCUT2D eigenvalue weighted by Crippen LogP contribution is -2.57. The number of rotatable bonds is 18. The van der Waals surface area contributed by atoms with Crippen LogP contribution in [-0.4, -0.2) is 87.6 Å². The Morgan fingerprint density at radius 1 is 0.775 bits per heavy atom. The fraction of sp³-hybridized carbons (Fsp3) is 0.458. The summed E-state index contributed by atoms with van der Waals surface area (Å²) in [6.45, 7) is 0.0753. The van der Waals surface area contributed by atoms with Gasteiger partial charge < -0.3 is 48.5 Å². The fourth-order valence-corrected chi connectivity index (χ4v) is 3.44. The molecule has 3 amide bonds. The van der Waals surface area contributed by atoms with Crippen molar-refractivity contribution < 1.29 is 44.1 Å². The second-order valence-corrected chi connectivity index (χ2v) is 8.80. The van der Waals surface area contributed by atoms with Gasteiger partial charge in [-0.25, -0.2) is 4.79 Å². The molecule has 4 unspecified atom stereocenters. The Hall–Kier alpha value is -4.73. The van der Waals surface area contributed by atoms with Crippen molar-refractivity contribution in [1.82, 2.24) is 16.0 Å². The van der Waals surface area contributed by atoms with E-state index in [-0.39, 0.29) is 38.2 Å². The third kappa shape index (κ3) is 13.2. The number of carbonyl (C=O) groups is 6. The molecule has 1 aromatic rings. The summed E-state index contributed by atoms with van der Waals surface area (Å²) in [7, 11) is 0. The Morgan fingerprint density at radius 3 is 1.90 bits per heavy atom. The number of hydrogen-bond donors (Lipinski definition) is 9. The number of carboxylic acids is 3. The number of aliphatic carboxylic acids is 3. The Balaban J connectivity index is 3.04. The molecule has 220 valence electrons. The number of benzene rings is 1. The molecular formula is C24H35N7O9. The van der Waals surface area contributed by atoms with Crippen molar-refractivity contribution in [2.24, 2.45) is 22.2 Å². The van der Waals surface area contributed by atoms with E-state index in [1.807, 2.05) is 0 Å². The lowest BCUT2D eigenvalue weighted by Gasteiger charge is -2.24. The standard InChI is InChI=1S/C24H35N7O9/c25-14(8-9-18(32)33)20(36)29-15(7-4-10-28-24(26)27)21(37)30-16(12-19(34)35)22(38)31-17(23(39)40)11-13-5-2-1-3-6-13/h1-3,5-6,14-17H,4,7-12,25H2,(H,29,36)(H,30,37)(H,31,38)(H,32,33)(H,34,35)(H,39,40)(H4,26,27,28). The van der Waals surface area contributed by atoms with Crippen molar-refractivity contribution in [1.29, 1.82) is 0 Å². The normalized spacial score (nSPS) is 13.5. The molecule has 0 saturated heterocycles. The maximum atomic E-state index is 13.1. The largest absolute Gasteiger partial charge is 0.481 e. The highest BCUT2D eigenvalue weighted by atomic mass is 16.4. The van der Waals surface area contributed by atoms with Gasteiger partial charge in [-0.15, -0.1) is 0 Å². The van der Waals surface area contributed by atoms with E-state index in [9.17, 15) is 39.0 Å². The second kappa shape index (κ2) is 17.0. The first-order chi connectivity index (χ1) is 18.8. The molecule has 40 heavy (non-hydrogen) atoms. The summed E-state index contributed by atoms with van der Waals surface area (Å²) in [4.78, 5) is 76.2. The minimum Gasteiger partial charge on any atom is -0.481 e. The van der Waals surface area contributed by atoms with Gasteiger partial charge in [0, 0.05) is 19.4 Å². The first-order valence-corrected chi connectivity index (χ1v) is 12.2. The van der Waals surface area contributed by atoms with E-state index in [1.54, 1.807) is 30.3 Å². The molecule has 0 aliphatic rings. The van der Waals surface area contributed by atoms with Gasteiger partial charge in [0.1, 0.15) is 18.1 Å². The van der Waals surface area contributed by atoms with Crippen LogP contribution in [0.1, 0.15) is 37.7 Å². The van der Waals surface area contributed by atoms with Crippen molar-refractivity contribution in [3.05, 3.63) is 35.9 Å². The molecule has 0 radical (unpaired) electrons. The monoisotopic (exact) mass is 565 g/mol.